The first-order valence-corrected chi connectivity index (χ1v) is 5.75. The van der Waals surface area contributed by atoms with E-state index in [1.54, 1.807) is 4.68 Å². The molecule has 0 radical (unpaired) electrons. The van der Waals surface area contributed by atoms with Crippen molar-refractivity contribution < 1.29 is 0 Å². The van der Waals surface area contributed by atoms with Gasteiger partial charge >= 0.3 is 0 Å². The van der Waals surface area contributed by atoms with E-state index in [0.717, 1.165) is 21.5 Å². The molecule has 1 aromatic heterocycles. The molecule has 1 heterocycles. The van der Waals surface area contributed by atoms with Gasteiger partial charge in [-0.2, -0.15) is 4.68 Å². The summed E-state index contributed by atoms with van der Waals surface area (Å²) in [5.41, 5.74) is 7.60. The maximum atomic E-state index is 5.50. The van der Waals surface area contributed by atoms with Gasteiger partial charge in [0.2, 0.25) is 0 Å². The van der Waals surface area contributed by atoms with Crippen molar-refractivity contribution in [3.63, 3.8) is 0 Å². The summed E-state index contributed by atoms with van der Waals surface area (Å²) in [4.78, 5) is 0. The molecule has 5 nitrogen and oxygen atoms in total. The minimum absolute atomic E-state index is 0.538. The molecule has 0 saturated heterocycles. The summed E-state index contributed by atoms with van der Waals surface area (Å²) in [7, 11) is 0. The van der Waals surface area contributed by atoms with E-state index in [4.69, 9.17) is 5.73 Å². The van der Waals surface area contributed by atoms with Crippen molar-refractivity contribution in [1.29, 1.82) is 0 Å². The van der Waals surface area contributed by atoms with Gasteiger partial charge in [-0.3, -0.25) is 0 Å². The van der Waals surface area contributed by atoms with Crippen LogP contribution in [-0.4, -0.2) is 26.8 Å². The zero-order chi connectivity index (χ0) is 11.5. The Hall–Kier alpha value is -1.27. The molecular formula is C10H12BrN5. The molecule has 0 unspecified atom stereocenters. The number of rotatable bonds is 3. The molecular weight excluding hydrogens is 270 g/mol. The van der Waals surface area contributed by atoms with Crippen LogP contribution in [-0.2, 0) is 6.42 Å². The predicted octanol–water partition coefficient (Wildman–Crippen LogP) is 1.23. The molecule has 0 aliphatic heterocycles. The maximum absolute atomic E-state index is 5.50. The van der Waals surface area contributed by atoms with Crippen LogP contribution in [0.3, 0.4) is 0 Å². The third-order valence-electron chi connectivity index (χ3n) is 2.29. The van der Waals surface area contributed by atoms with Gasteiger partial charge in [-0.15, -0.1) is 5.10 Å². The van der Waals surface area contributed by atoms with Crippen molar-refractivity contribution in [1.82, 2.24) is 20.2 Å². The van der Waals surface area contributed by atoms with E-state index in [9.17, 15) is 0 Å². The molecule has 0 atom stereocenters. The number of tetrazole rings is 1. The Morgan fingerprint density at radius 1 is 1.44 bits per heavy atom. The fourth-order valence-corrected chi connectivity index (χ4v) is 1.70. The highest BCUT2D eigenvalue weighted by Gasteiger charge is 2.07. The van der Waals surface area contributed by atoms with Crippen LogP contribution in [0.2, 0.25) is 0 Å². The first-order valence-electron chi connectivity index (χ1n) is 4.96. The molecule has 84 valence electrons. The quantitative estimate of drug-likeness (QED) is 0.919. The number of aromatic nitrogens is 4. The molecule has 2 N–H and O–H groups in total. The molecule has 16 heavy (non-hydrogen) atoms. The average Bonchev–Trinajstić information content (AvgIpc) is 2.71. The third kappa shape index (κ3) is 2.12. The fraction of sp³-hybridized carbons (Fsp3) is 0.300. The summed E-state index contributed by atoms with van der Waals surface area (Å²) >= 11 is 3.46. The van der Waals surface area contributed by atoms with Crippen LogP contribution in [0.25, 0.3) is 5.69 Å². The van der Waals surface area contributed by atoms with Gasteiger partial charge in [0.25, 0.3) is 0 Å². The first kappa shape index (κ1) is 11.2. The Kier molecular flexibility index (Phi) is 3.31. The van der Waals surface area contributed by atoms with E-state index >= 15 is 0 Å². The minimum atomic E-state index is 0.538. The first-order chi connectivity index (χ1) is 7.72. The highest BCUT2D eigenvalue weighted by Crippen LogP contribution is 2.19. The second-order valence-corrected chi connectivity index (χ2v) is 4.33. The van der Waals surface area contributed by atoms with Crippen molar-refractivity contribution in [3.8, 4) is 5.69 Å². The van der Waals surface area contributed by atoms with Gasteiger partial charge in [-0.25, -0.2) is 0 Å². The molecule has 0 fully saturated rings. The highest BCUT2D eigenvalue weighted by atomic mass is 79.9. The zero-order valence-corrected chi connectivity index (χ0v) is 10.5. The number of hydrogen-bond donors (Lipinski definition) is 1. The molecule has 2 rings (SSSR count). The van der Waals surface area contributed by atoms with E-state index in [0.29, 0.717) is 13.0 Å². The van der Waals surface area contributed by atoms with E-state index in [2.05, 4.69) is 31.5 Å². The molecule has 0 bridgehead atoms. The second kappa shape index (κ2) is 4.71. The number of aryl methyl sites for hydroxylation is 1. The average molecular weight is 282 g/mol. The van der Waals surface area contributed by atoms with Crippen molar-refractivity contribution in [3.05, 3.63) is 34.1 Å². The molecule has 2 aromatic rings. The van der Waals surface area contributed by atoms with Crippen molar-refractivity contribution in [2.45, 2.75) is 13.3 Å². The van der Waals surface area contributed by atoms with Crippen LogP contribution in [0.15, 0.2) is 22.7 Å². The lowest BCUT2D eigenvalue weighted by Crippen LogP contribution is -2.10. The monoisotopic (exact) mass is 281 g/mol. The van der Waals surface area contributed by atoms with Crippen LogP contribution in [0.1, 0.15) is 11.4 Å². The smallest absolute Gasteiger partial charge is 0.157 e. The van der Waals surface area contributed by atoms with Crippen LogP contribution in [0.5, 0.6) is 0 Å². The summed E-state index contributed by atoms with van der Waals surface area (Å²) in [5.74, 6) is 0.782. The molecule has 0 saturated carbocycles. The summed E-state index contributed by atoms with van der Waals surface area (Å²) in [6.07, 6.45) is 0.669. The van der Waals surface area contributed by atoms with E-state index in [-0.39, 0.29) is 0 Å². The van der Waals surface area contributed by atoms with Crippen LogP contribution in [0, 0.1) is 6.92 Å². The van der Waals surface area contributed by atoms with E-state index < -0.39 is 0 Å². The largest absolute Gasteiger partial charge is 0.330 e. The number of hydrogen-bond acceptors (Lipinski definition) is 4. The van der Waals surface area contributed by atoms with Gasteiger partial charge in [0.1, 0.15) is 0 Å². The maximum Gasteiger partial charge on any atom is 0.157 e. The van der Waals surface area contributed by atoms with E-state index in [1.807, 2.05) is 25.1 Å². The standard InChI is InChI=1S/C10H12BrN5/c1-7-6-8(2-3-9(7)11)16-10(4-5-12)13-14-15-16/h2-3,6H,4-5,12H2,1H3. The van der Waals surface area contributed by atoms with Gasteiger partial charge < -0.3 is 5.73 Å². The Labute approximate surface area is 102 Å². The molecule has 0 aliphatic rings. The summed E-state index contributed by atoms with van der Waals surface area (Å²) in [5, 5.41) is 11.6. The van der Waals surface area contributed by atoms with Crippen molar-refractivity contribution >= 4 is 15.9 Å². The lowest BCUT2D eigenvalue weighted by Gasteiger charge is -2.05. The summed E-state index contributed by atoms with van der Waals surface area (Å²) in [6.45, 7) is 2.57. The van der Waals surface area contributed by atoms with Crippen LogP contribution in [0.4, 0.5) is 0 Å². The van der Waals surface area contributed by atoms with Crippen molar-refractivity contribution in [2.75, 3.05) is 6.54 Å². The molecule has 1 aromatic carbocycles. The molecule has 0 amide bonds. The Balaban J connectivity index is 2.42. The summed E-state index contributed by atoms with van der Waals surface area (Å²) in [6, 6.07) is 5.98. The Morgan fingerprint density at radius 3 is 2.94 bits per heavy atom. The SMILES string of the molecule is Cc1cc(-n2nnnc2CCN)ccc1Br. The highest BCUT2D eigenvalue weighted by molar-refractivity contribution is 9.10. The Bertz CT molecular complexity index is 494. The number of nitrogens with zero attached hydrogens (tertiary/aromatic N) is 4. The van der Waals surface area contributed by atoms with Gasteiger partial charge in [-0.1, -0.05) is 15.9 Å². The summed E-state index contributed by atoms with van der Waals surface area (Å²) < 4.78 is 2.79. The number of nitrogens with two attached hydrogens (primary N) is 1. The minimum Gasteiger partial charge on any atom is -0.330 e. The second-order valence-electron chi connectivity index (χ2n) is 3.48. The zero-order valence-electron chi connectivity index (χ0n) is 8.89. The van der Waals surface area contributed by atoms with Gasteiger partial charge in [0, 0.05) is 10.9 Å². The normalized spacial score (nSPS) is 10.7. The van der Waals surface area contributed by atoms with Gasteiger partial charge in [-0.05, 0) is 47.7 Å². The van der Waals surface area contributed by atoms with Crippen LogP contribution >= 0.6 is 15.9 Å². The van der Waals surface area contributed by atoms with Crippen LogP contribution < -0.4 is 5.73 Å². The molecule has 6 heteroatoms. The van der Waals surface area contributed by atoms with Crippen molar-refractivity contribution in [2.24, 2.45) is 5.73 Å². The molecule has 0 spiro atoms. The lowest BCUT2D eigenvalue weighted by atomic mass is 10.2. The topological polar surface area (TPSA) is 69.6 Å². The van der Waals surface area contributed by atoms with Gasteiger partial charge in [0.05, 0.1) is 5.69 Å². The molecule has 0 aliphatic carbocycles. The Morgan fingerprint density at radius 2 is 2.25 bits per heavy atom. The number of benzene rings is 1. The predicted molar refractivity (Wildman–Crippen MR) is 64.3 cm³/mol. The third-order valence-corrected chi connectivity index (χ3v) is 3.18. The lowest BCUT2D eigenvalue weighted by molar-refractivity contribution is 0.754. The fourth-order valence-electron chi connectivity index (χ4n) is 1.45. The van der Waals surface area contributed by atoms with Gasteiger partial charge in [0.15, 0.2) is 5.82 Å². The number of halogens is 1. The van der Waals surface area contributed by atoms with E-state index in [1.165, 1.54) is 0 Å².